The first-order valence-corrected chi connectivity index (χ1v) is 5.89. The van der Waals surface area contributed by atoms with E-state index in [-0.39, 0.29) is 12.0 Å². The van der Waals surface area contributed by atoms with Crippen LogP contribution in [0.15, 0.2) is 35.7 Å². The summed E-state index contributed by atoms with van der Waals surface area (Å²) in [6, 6.07) is 2.61. The molecule has 94 valence electrons. The molecule has 0 fully saturated rings. The van der Waals surface area contributed by atoms with Crippen molar-refractivity contribution in [1.82, 2.24) is 0 Å². The Morgan fingerprint density at radius 2 is 1.94 bits per heavy atom. The lowest BCUT2D eigenvalue weighted by Gasteiger charge is -2.12. The first kappa shape index (κ1) is 13.7. The molecule has 0 radical (unpaired) electrons. The maximum absolute atomic E-state index is 12.6. The third-order valence-corrected chi connectivity index (χ3v) is 2.92. The number of hydrogen-bond donors (Lipinski definition) is 1. The molecule has 7 heteroatoms. The molecule has 17 heavy (non-hydrogen) atoms. The molecule has 1 aromatic carbocycles. The monoisotopic (exact) mass is 266 g/mol. The number of benzene rings is 1. The zero-order valence-electron chi connectivity index (χ0n) is 8.53. The SMILES string of the molecule is C=CCc1ccc(S(=O)(=O)O)c(C(F)(F)F)c1. The molecule has 0 saturated carbocycles. The van der Waals surface area contributed by atoms with E-state index in [0.717, 1.165) is 6.07 Å². The largest absolute Gasteiger partial charge is 0.417 e. The molecule has 0 aromatic heterocycles. The molecule has 0 amide bonds. The molecule has 0 unspecified atom stereocenters. The van der Waals surface area contributed by atoms with Gasteiger partial charge < -0.3 is 0 Å². The summed E-state index contributed by atoms with van der Waals surface area (Å²) in [6.45, 7) is 3.37. The Hall–Kier alpha value is -1.34. The number of allylic oxidation sites excluding steroid dienone is 1. The van der Waals surface area contributed by atoms with Crippen LogP contribution in [0, 0.1) is 0 Å². The smallest absolute Gasteiger partial charge is 0.282 e. The van der Waals surface area contributed by atoms with E-state index in [4.69, 9.17) is 4.55 Å². The summed E-state index contributed by atoms with van der Waals surface area (Å²) in [4.78, 5) is -1.14. The molecule has 0 aliphatic heterocycles. The highest BCUT2D eigenvalue weighted by molar-refractivity contribution is 7.85. The van der Waals surface area contributed by atoms with Gasteiger partial charge in [0.1, 0.15) is 4.90 Å². The van der Waals surface area contributed by atoms with Gasteiger partial charge in [-0.2, -0.15) is 21.6 Å². The fraction of sp³-hybridized carbons (Fsp3) is 0.200. The van der Waals surface area contributed by atoms with Gasteiger partial charge in [-0.15, -0.1) is 6.58 Å². The number of alkyl halides is 3. The molecule has 0 heterocycles. The maximum atomic E-state index is 12.6. The Kier molecular flexibility index (Phi) is 3.63. The summed E-state index contributed by atoms with van der Waals surface area (Å²) in [5.41, 5.74) is -1.11. The van der Waals surface area contributed by atoms with E-state index in [0.29, 0.717) is 6.07 Å². The molecule has 0 saturated heterocycles. The van der Waals surface area contributed by atoms with Crippen LogP contribution in [-0.2, 0) is 22.7 Å². The van der Waals surface area contributed by atoms with Crippen LogP contribution in [0.3, 0.4) is 0 Å². The second-order valence-corrected chi connectivity index (χ2v) is 4.69. The zero-order valence-corrected chi connectivity index (χ0v) is 9.35. The second-order valence-electron chi connectivity index (χ2n) is 3.30. The normalized spacial score (nSPS) is 12.5. The third-order valence-electron chi connectivity index (χ3n) is 2.01. The van der Waals surface area contributed by atoms with Crippen LogP contribution in [0.4, 0.5) is 13.2 Å². The minimum absolute atomic E-state index is 0.175. The highest BCUT2D eigenvalue weighted by atomic mass is 32.2. The standard InChI is InChI=1S/C10H9F3O3S/c1-2-3-7-4-5-9(17(14,15)16)8(6-7)10(11,12)13/h2,4-6H,1,3H2,(H,14,15,16). The molecule has 0 spiro atoms. The van der Waals surface area contributed by atoms with Crippen molar-refractivity contribution in [3.05, 3.63) is 42.0 Å². The van der Waals surface area contributed by atoms with Crippen LogP contribution >= 0.6 is 0 Å². The lowest BCUT2D eigenvalue weighted by atomic mass is 10.1. The van der Waals surface area contributed by atoms with Crippen molar-refractivity contribution in [2.24, 2.45) is 0 Å². The molecule has 1 N–H and O–H groups in total. The van der Waals surface area contributed by atoms with Crippen molar-refractivity contribution in [3.8, 4) is 0 Å². The number of rotatable bonds is 3. The highest BCUT2D eigenvalue weighted by Gasteiger charge is 2.36. The summed E-state index contributed by atoms with van der Waals surface area (Å²) in [7, 11) is -4.89. The van der Waals surface area contributed by atoms with Crippen LogP contribution in [0.25, 0.3) is 0 Å². The minimum atomic E-state index is -4.89. The molecule has 3 nitrogen and oxygen atoms in total. The Morgan fingerprint density at radius 3 is 2.35 bits per heavy atom. The Balaban J connectivity index is 3.48. The molecular formula is C10H9F3O3S. The average molecular weight is 266 g/mol. The minimum Gasteiger partial charge on any atom is -0.282 e. The van der Waals surface area contributed by atoms with E-state index in [2.05, 4.69) is 6.58 Å². The van der Waals surface area contributed by atoms with Crippen molar-refractivity contribution in [3.63, 3.8) is 0 Å². The van der Waals surface area contributed by atoms with Gasteiger partial charge in [0.25, 0.3) is 10.1 Å². The van der Waals surface area contributed by atoms with Gasteiger partial charge in [-0.1, -0.05) is 12.1 Å². The van der Waals surface area contributed by atoms with Crippen molar-refractivity contribution < 1.29 is 26.1 Å². The van der Waals surface area contributed by atoms with Gasteiger partial charge in [-0.3, -0.25) is 4.55 Å². The summed E-state index contributed by atoms with van der Waals surface area (Å²) >= 11 is 0. The van der Waals surface area contributed by atoms with Crippen LogP contribution in [0.1, 0.15) is 11.1 Å². The molecule has 0 bridgehead atoms. The van der Waals surface area contributed by atoms with Crippen molar-refractivity contribution in [1.29, 1.82) is 0 Å². The van der Waals surface area contributed by atoms with Crippen LogP contribution in [-0.4, -0.2) is 13.0 Å². The van der Waals surface area contributed by atoms with Crippen LogP contribution in [0.5, 0.6) is 0 Å². The lowest BCUT2D eigenvalue weighted by Crippen LogP contribution is -2.13. The molecular weight excluding hydrogens is 257 g/mol. The van der Waals surface area contributed by atoms with Crippen LogP contribution < -0.4 is 0 Å². The Bertz CT molecular complexity index is 532. The topological polar surface area (TPSA) is 54.4 Å². The fourth-order valence-electron chi connectivity index (χ4n) is 1.32. The molecule has 1 rings (SSSR count). The van der Waals surface area contributed by atoms with E-state index in [1.165, 1.54) is 12.1 Å². The predicted octanol–water partition coefficient (Wildman–Crippen LogP) is 2.68. The Morgan fingerprint density at radius 1 is 1.35 bits per heavy atom. The van der Waals surface area contributed by atoms with Gasteiger partial charge in [0.2, 0.25) is 0 Å². The van der Waals surface area contributed by atoms with Crippen molar-refractivity contribution >= 4 is 10.1 Å². The van der Waals surface area contributed by atoms with E-state index >= 15 is 0 Å². The van der Waals surface area contributed by atoms with Gasteiger partial charge >= 0.3 is 6.18 Å². The van der Waals surface area contributed by atoms with Gasteiger partial charge in [0.05, 0.1) is 5.56 Å². The first-order chi connectivity index (χ1) is 7.66. The lowest BCUT2D eigenvalue weighted by molar-refractivity contribution is -0.140. The molecule has 1 aromatic rings. The summed E-state index contributed by atoms with van der Waals surface area (Å²) < 4.78 is 68.1. The van der Waals surface area contributed by atoms with E-state index in [1.54, 1.807) is 0 Å². The van der Waals surface area contributed by atoms with Gasteiger partial charge in [0.15, 0.2) is 0 Å². The van der Waals surface area contributed by atoms with Gasteiger partial charge in [-0.25, -0.2) is 0 Å². The van der Waals surface area contributed by atoms with E-state index in [1.807, 2.05) is 0 Å². The zero-order chi connectivity index (χ0) is 13.3. The second kappa shape index (κ2) is 4.50. The molecule has 0 aliphatic carbocycles. The Labute approximate surface area is 96.3 Å². The highest BCUT2D eigenvalue weighted by Crippen LogP contribution is 2.34. The average Bonchev–Trinajstić information content (AvgIpc) is 2.15. The first-order valence-electron chi connectivity index (χ1n) is 4.45. The van der Waals surface area contributed by atoms with Crippen LogP contribution in [0.2, 0.25) is 0 Å². The van der Waals surface area contributed by atoms with E-state index < -0.39 is 26.8 Å². The summed E-state index contributed by atoms with van der Waals surface area (Å²) in [6.07, 6.45) is -3.28. The van der Waals surface area contributed by atoms with Crippen molar-refractivity contribution in [2.75, 3.05) is 0 Å². The molecule has 0 atom stereocenters. The summed E-state index contributed by atoms with van der Waals surface area (Å²) in [5.74, 6) is 0. The predicted molar refractivity (Wildman–Crippen MR) is 55.2 cm³/mol. The quantitative estimate of drug-likeness (QED) is 0.676. The van der Waals surface area contributed by atoms with Crippen molar-refractivity contribution in [2.45, 2.75) is 17.5 Å². The van der Waals surface area contributed by atoms with Gasteiger partial charge in [0, 0.05) is 0 Å². The molecule has 0 aliphatic rings. The maximum Gasteiger partial charge on any atom is 0.417 e. The number of halogens is 3. The summed E-state index contributed by atoms with van der Waals surface area (Å²) in [5, 5.41) is 0. The van der Waals surface area contributed by atoms with Gasteiger partial charge in [-0.05, 0) is 24.1 Å². The van der Waals surface area contributed by atoms with E-state index in [9.17, 15) is 21.6 Å². The number of hydrogen-bond acceptors (Lipinski definition) is 2. The third kappa shape index (κ3) is 3.31. The fourth-order valence-corrected chi connectivity index (χ4v) is 2.01.